The fraction of sp³-hybridized carbons (Fsp3) is 0.214. The first kappa shape index (κ1) is 19.6. The lowest BCUT2D eigenvalue weighted by atomic mass is 10.2. The van der Waals surface area contributed by atoms with Crippen LogP contribution < -0.4 is 9.25 Å². The minimum atomic E-state index is -4.41. The Labute approximate surface area is 148 Å². The molecule has 2 rings (SSSR count). The van der Waals surface area contributed by atoms with Crippen molar-refractivity contribution in [3.05, 3.63) is 46.6 Å². The van der Waals surface area contributed by atoms with Crippen LogP contribution in [0.4, 0.5) is 4.39 Å². The summed E-state index contributed by atoms with van der Waals surface area (Å²) in [6.07, 6.45) is -0.206. The van der Waals surface area contributed by atoms with Gasteiger partial charge in [0.1, 0.15) is 28.1 Å². The number of nitriles is 1. The SMILES string of the molecule is CCc1ccc(S(=O)(=O)NCP(=O)(O)Oc2ccc(C#N)c(F)c2)s1. The van der Waals surface area contributed by atoms with Crippen LogP contribution >= 0.6 is 18.9 Å². The molecule has 0 bridgehead atoms. The number of halogens is 1. The van der Waals surface area contributed by atoms with E-state index in [0.717, 1.165) is 34.4 Å². The molecule has 1 aromatic carbocycles. The van der Waals surface area contributed by atoms with E-state index in [0.29, 0.717) is 6.42 Å². The molecule has 1 aromatic heterocycles. The molecule has 0 saturated carbocycles. The van der Waals surface area contributed by atoms with E-state index in [1.807, 2.05) is 11.6 Å². The van der Waals surface area contributed by atoms with Crippen molar-refractivity contribution >= 4 is 29.0 Å². The van der Waals surface area contributed by atoms with Crippen molar-refractivity contribution in [2.45, 2.75) is 17.6 Å². The van der Waals surface area contributed by atoms with Crippen molar-refractivity contribution in [1.82, 2.24) is 4.72 Å². The highest BCUT2D eigenvalue weighted by Crippen LogP contribution is 2.42. The van der Waals surface area contributed by atoms with Crippen molar-refractivity contribution in [3.63, 3.8) is 0 Å². The van der Waals surface area contributed by atoms with Crippen molar-refractivity contribution in [1.29, 1.82) is 5.26 Å². The van der Waals surface area contributed by atoms with E-state index in [1.165, 1.54) is 6.07 Å². The standard InChI is InChI=1S/C14H14FN2O5PS2/c1-2-12-5-6-14(24-12)25(20,21)17-9-23(18,19)22-11-4-3-10(8-16)13(15)7-11/h3-7,17H,2,9H2,1H3,(H,18,19). The van der Waals surface area contributed by atoms with Gasteiger partial charge in [0.25, 0.3) is 10.0 Å². The molecule has 11 heteroatoms. The van der Waals surface area contributed by atoms with Crippen molar-refractivity contribution in [2.75, 3.05) is 6.29 Å². The second kappa shape index (κ2) is 7.64. The first-order chi connectivity index (χ1) is 11.7. The highest BCUT2D eigenvalue weighted by atomic mass is 32.2. The summed E-state index contributed by atoms with van der Waals surface area (Å²) >= 11 is 1.06. The lowest BCUT2D eigenvalue weighted by Gasteiger charge is -2.14. The Hall–Kier alpha value is -1.76. The number of hydrogen-bond acceptors (Lipinski definition) is 6. The van der Waals surface area contributed by atoms with E-state index in [9.17, 15) is 22.3 Å². The zero-order valence-electron chi connectivity index (χ0n) is 13.0. The minimum Gasteiger partial charge on any atom is -0.424 e. The van der Waals surface area contributed by atoms with Crippen LogP contribution in [0.5, 0.6) is 5.75 Å². The zero-order chi connectivity index (χ0) is 18.7. The van der Waals surface area contributed by atoms with E-state index in [-0.39, 0.29) is 15.5 Å². The van der Waals surface area contributed by atoms with E-state index < -0.39 is 29.7 Å². The first-order valence-electron chi connectivity index (χ1n) is 6.96. The maximum atomic E-state index is 13.5. The Morgan fingerprint density at radius 1 is 1.40 bits per heavy atom. The monoisotopic (exact) mass is 404 g/mol. The Morgan fingerprint density at radius 3 is 2.68 bits per heavy atom. The molecule has 0 amide bonds. The summed E-state index contributed by atoms with van der Waals surface area (Å²) in [7, 11) is -8.36. The van der Waals surface area contributed by atoms with Gasteiger partial charge in [-0.15, -0.1) is 11.3 Å². The number of nitrogens with one attached hydrogen (secondary N) is 1. The van der Waals surface area contributed by atoms with Gasteiger partial charge in [0.05, 0.1) is 5.56 Å². The molecular formula is C14H14FN2O5PS2. The maximum absolute atomic E-state index is 13.5. The quantitative estimate of drug-likeness (QED) is 0.686. The molecule has 0 fully saturated rings. The molecule has 2 aromatic rings. The lowest BCUT2D eigenvalue weighted by molar-refractivity contribution is 0.377. The van der Waals surface area contributed by atoms with Crippen LogP contribution in [0.15, 0.2) is 34.5 Å². The van der Waals surface area contributed by atoms with E-state index in [2.05, 4.69) is 0 Å². The van der Waals surface area contributed by atoms with Crippen LogP contribution in [0.25, 0.3) is 0 Å². The number of rotatable bonds is 7. The lowest BCUT2D eigenvalue weighted by Crippen LogP contribution is -2.25. The molecule has 134 valence electrons. The van der Waals surface area contributed by atoms with Crippen LogP contribution in [-0.2, 0) is 21.0 Å². The number of aryl methyl sites for hydroxylation is 1. The van der Waals surface area contributed by atoms with Gasteiger partial charge in [-0.3, -0.25) is 0 Å². The zero-order valence-corrected chi connectivity index (χ0v) is 15.5. The van der Waals surface area contributed by atoms with Gasteiger partial charge in [-0.05, 0) is 30.7 Å². The second-order valence-corrected chi connectivity index (χ2v) is 9.80. The topological polar surface area (TPSA) is 116 Å². The van der Waals surface area contributed by atoms with Crippen LogP contribution in [-0.4, -0.2) is 19.6 Å². The number of hydrogen-bond donors (Lipinski definition) is 2. The highest BCUT2D eigenvalue weighted by Gasteiger charge is 2.26. The molecule has 25 heavy (non-hydrogen) atoms. The highest BCUT2D eigenvalue weighted by molar-refractivity contribution is 7.91. The van der Waals surface area contributed by atoms with E-state index in [1.54, 1.807) is 12.1 Å². The van der Waals surface area contributed by atoms with Gasteiger partial charge in [0.15, 0.2) is 0 Å². The number of thiophene rings is 1. The first-order valence-corrected chi connectivity index (χ1v) is 11.0. The van der Waals surface area contributed by atoms with E-state index in [4.69, 9.17) is 9.79 Å². The molecule has 0 saturated heterocycles. The third-order valence-corrected chi connectivity index (χ3v) is 7.40. The molecular weight excluding hydrogens is 390 g/mol. The second-order valence-electron chi connectivity index (χ2n) is 4.86. The summed E-state index contributed by atoms with van der Waals surface area (Å²) in [5.74, 6) is -1.20. The number of sulfonamides is 1. The summed E-state index contributed by atoms with van der Waals surface area (Å²) in [6.45, 7) is 1.88. The van der Waals surface area contributed by atoms with Gasteiger partial charge in [0, 0.05) is 10.9 Å². The van der Waals surface area contributed by atoms with Gasteiger partial charge < -0.3 is 9.42 Å². The van der Waals surface area contributed by atoms with Gasteiger partial charge in [0.2, 0.25) is 0 Å². The summed E-state index contributed by atoms with van der Waals surface area (Å²) < 4.78 is 56.5. The summed E-state index contributed by atoms with van der Waals surface area (Å²) in [5.41, 5.74) is -0.245. The minimum absolute atomic E-state index is 0.0220. The molecule has 0 radical (unpaired) electrons. The average Bonchev–Trinajstić information content (AvgIpc) is 3.03. The number of nitrogens with zero attached hydrogens (tertiary/aromatic N) is 1. The van der Waals surface area contributed by atoms with Crippen LogP contribution in [0.2, 0.25) is 0 Å². The fourth-order valence-corrected chi connectivity index (χ4v) is 5.61. The Bertz CT molecular complexity index is 968. The molecule has 0 aliphatic carbocycles. The summed E-state index contributed by atoms with van der Waals surface area (Å²) in [4.78, 5) is 10.6. The molecule has 0 aliphatic heterocycles. The van der Waals surface area contributed by atoms with Gasteiger partial charge in [-0.25, -0.2) is 17.4 Å². The van der Waals surface area contributed by atoms with Crippen molar-refractivity contribution in [2.24, 2.45) is 0 Å². The smallest absolute Gasteiger partial charge is 0.391 e. The predicted molar refractivity (Wildman–Crippen MR) is 90.5 cm³/mol. The molecule has 1 heterocycles. The third kappa shape index (κ3) is 5.11. The Morgan fingerprint density at radius 2 is 2.12 bits per heavy atom. The van der Waals surface area contributed by atoms with Gasteiger partial charge in [-0.2, -0.15) is 9.98 Å². The maximum Gasteiger partial charge on any atom is 0.391 e. The van der Waals surface area contributed by atoms with E-state index >= 15 is 0 Å². The summed E-state index contributed by atoms with van der Waals surface area (Å²) in [5, 5.41) is 8.63. The molecule has 7 nitrogen and oxygen atoms in total. The molecule has 0 aliphatic rings. The molecule has 1 unspecified atom stereocenters. The average molecular weight is 404 g/mol. The van der Waals surface area contributed by atoms with Crippen LogP contribution in [0.1, 0.15) is 17.4 Å². The molecule has 2 N–H and O–H groups in total. The number of benzene rings is 1. The Kier molecular flexibility index (Phi) is 5.98. The summed E-state index contributed by atoms with van der Waals surface area (Å²) in [6, 6.07) is 7.69. The normalized spacial score (nSPS) is 13.8. The predicted octanol–water partition coefficient (Wildman–Crippen LogP) is 2.82. The molecule has 0 spiro atoms. The van der Waals surface area contributed by atoms with Crippen LogP contribution in [0.3, 0.4) is 0 Å². The van der Waals surface area contributed by atoms with Gasteiger partial charge in [-0.1, -0.05) is 6.92 Å². The largest absolute Gasteiger partial charge is 0.424 e. The third-order valence-electron chi connectivity index (χ3n) is 3.01. The molecule has 1 atom stereocenters. The van der Waals surface area contributed by atoms with Crippen molar-refractivity contribution in [3.8, 4) is 11.8 Å². The van der Waals surface area contributed by atoms with Crippen molar-refractivity contribution < 1.29 is 26.8 Å². The van der Waals surface area contributed by atoms with Gasteiger partial charge >= 0.3 is 7.60 Å². The Balaban J connectivity index is 2.07. The van der Waals surface area contributed by atoms with Crippen LogP contribution in [0, 0.1) is 17.1 Å². The fourth-order valence-electron chi connectivity index (χ4n) is 1.77.